The molecule has 0 saturated heterocycles. The fourth-order valence-electron chi connectivity index (χ4n) is 2.40. The molecule has 0 heterocycles. The summed E-state index contributed by atoms with van der Waals surface area (Å²) in [7, 11) is 0.511. The van der Waals surface area contributed by atoms with E-state index < -0.39 is 10.0 Å². The van der Waals surface area contributed by atoms with Crippen LogP contribution in [0.3, 0.4) is 0 Å². The SMILES string of the molecule is COc1ccc(C(=O)Nc2cccc(C(C)C)c2)cc1S(=O)(=O)N(C)C. The molecular formula is C19H24N2O4S. The topological polar surface area (TPSA) is 75.7 Å². The van der Waals surface area contributed by atoms with Gasteiger partial charge in [-0.25, -0.2) is 12.7 Å². The molecule has 0 aromatic heterocycles. The Balaban J connectivity index is 2.37. The lowest BCUT2D eigenvalue weighted by atomic mass is 10.0. The van der Waals surface area contributed by atoms with Gasteiger partial charge >= 0.3 is 0 Å². The lowest BCUT2D eigenvalue weighted by Crippen LogP contribution is -2.23. The van der Waals surface area contributed by atoms with Crippen LogP contribution < -0.4 is 10.1 Å². The number of nitrogens with zero attached hydrogens (tertiary/aromatic N) is 1. The Labute approximate surface area is 154 Å². The van der Waals surface area contributed by atoms with Crippen molar-refractivity contribution in [1.29, 1.82) is 0 Å². The molecule has 0 aliphatic heterocycles. The summed E-state index contributed by atoms with van der Waals surface area (Å²) in [5.41, 5.74) is 2.00. The summed E-state index contributed by atoms with van der Waals surface area (Å²) in [6, 6.07) is 11.9. The summed E-state index contributed by atoms with van der Waals surface area (Å²) in [5, 5.41) is 2.81. The second-order valence-electron chi connectivity index (χ2n) is 6.39. The molecule has 0 spiro atoms. The van der Waals surface area contributed by atoms with E-state index in [1.807, 2.05) is 18.2 Å². The van der Waals surface area contributed by atoms with E-state index in [-0.39, 0.29) is 22.1 Å². The standard InChI is InChI=1S/C19H24N2O4S/c1-13(2)14-7-6-8-16(11-14)20-19(22)15-9-10-17(25-5)18(12-15)26(23,24)21(3)4/h6-13H,1-5H3,(H,20,22). The number of hydrogen-bond acceptors (Lipinski definition) is 4. The smallest absolute Gasteiger partial charge is 0.255 e. The van der Waals surface area contributed by atoms with Gasteiger partial charge < -0.3 is 10.1 Å². The minimum atomic E-state index is -3.74. The molecule has 6 nitrogen and oxygen atoms in total. The molecule has 140 valence electrons. The summed E-state index contributed by atoms with van der Waals surface area (Å²) < 4.78 is 31.2. The Kier molecular flexibility index (Phi) is 6.05. The fourth-order valence-corrected chi connectivity index (χ4v) is 3.47. The first-order valence-corrected chi connectivity index (χ1v) is 9.62. The van der Waals surface area contributed by atoms with Crippen LogP contribution in [0.5, 0.6) is 5.75 Å². The first-order chi connectivity index (χ1) is 12.2. The Morgan fingerprint density at radius 1 is 1.12 bits per heavy atom. The first kappa shape index (κ1) is 19.9. The maximum atomic E-state index is 12.6. The molecule has 0 radical (unpaired) electrons. The molecule has 0 fully saturated rings. The number of hydrogen-bond donors (Lipinski definition) is 1. The van der Waals surface area contributed by atoms with E-state index in [2.05, 4.69) is 19.2 Å². The van der Waals surface area contributed by atoms with Gasteiger partial charge in [0, 0.05) is 25.3 Å². The Morgan fingerprint density at radius 3 is 2.38 bits per heavy atom. The van der Waals surface area contributed by atoms with Crippen molar-refractivity contribution in [2.75, 3.05) is 26.5 Å². The van der Waals surface area contributed by atoms with E-state index in [4.69, 9.17) is 4.74 Å². The van der Waals surface area contributed by atoms with Crippen molar-refractivity contribution in [3.05, 3.63) is 53.6 Å². The van der Waals surface area contributed by atoms with Crippen LogP contribution in [-0.2, 0) is 10.0 Å². The number of anilines is 1. The predicted molar refractivity (Wildman–Crippen MR) is 102 cm³/mol. The third kappa shape index (κ3) is 4.23. The maximum absolute atomic E-state index is 12.6. The van der Waals surface area contributed by atoms with Crippen molar-refractivity contribution in [2.45, 2.75) is 24.7 Å². The summed E-state index contributed by atoms with van der Waals surface area (Å²) in [5.74, 6) is 0.144. The molecule has 2 aromatic rings. The van der Waals surface area contributed by atoms with Gasteiger partial charge in [-0.15, -0.1) is 0 Å². The van der Waals surface area contributed by atoms with Gasteiger partial charge in [0.25, 0.3) is 5.91 Å². The van der Waals surface area contributed by atoms with Gasteiger partial charge in [0.2, 0.25) is 10.0 Å². The minimum absolute atomic E-state index is 0.0476. The zero-order valence-electron chi connectivity index (χ0n) is 15.6. The van der Waals surface area contributed by atoms with Crippen LogP contribution in [0.25, 0.3) is 0 Å². The van der Waals surface area contributed by atoms with E-state index in [0.29, 0.717) is 11.6 Å². The van der Waals surface area contributed by atoms with Gasteiger partial charge in [-0.05, 0) is 41.8 Å². The molecule has 0 unspecified atom stereocenters. The molecule has 1 amide bonds. The minimum Gasteiger partial charge on any atom is -0.495 e. The highest BCUT2D eigenvalue weighted by Gasteiger charge is 2.24. The van der Waals surface area contributed by atoms with E-state index in [9.17, 15) is 13.2 Å². The van der Waals surface area contributed by atoms with Gasteiger partial charge in [0.05, 0.1) is 7.11 Å². The Hall–Kier alpha value is -2.38. The van der Waals surface area contributed by atoms with Gasteiger partial charge in [-0.2, -0.15) is 0 Å². The fraction of sp³-hybridized carbons (Fsp3) is 0.316. The van der Waals surface area contributed by atoms with Crippen LogP contribution in [-0.4, -0.2) is 39.8 Å². The van der Waals surface area contributed by atoms with Crippen LogP contribution in [0.15, 0.2) is 47.4 Å². The number of ether oxygens (including phenoxy) is 1. The number of nitrogens with one attached hydrogen (secondary N) is 1. The molecule has 1 N–H and O–H groups in total. The molecule has 7 heteroatoms. The molecular weight excluding hydrogens is 352 g/mol. The summed E-state index contributed by atoms with van der Waals surface area (Å²) in [6.45, 7) is 4.14. The lowest BCUT2D eigenvalue weighted by molar-refractivity contribution is 0.102. The Bertz CT molecular complexity index is 906. The highest BCUT2D eigenvalue weighted by Crippen LogP contribution is 2.27. The van der Waals surface area contributed by atoms with E-state index in [1.54, 1.807) is 6.07 Å². The number of benzene rings is 2. The molecule has 0 aliphatic carbocycles. The molecule has 0 saturated carbocycles. The quantitative estimate of drug-likeness (QED) is 0.839. The molecule has 0 aliphatic rings. The van der Waals surface area contributed by atoms with Crippen molar-refractivity contribution in [1.82, 2.24) is 4.31 Å². The van der Waals surface area contributed by atoms with Gasteiger partial charge in [-0.3, -0.25) is 4.79 Å². The molecule has 2 rings (SSSR count). The average molecular weight is 376 g/mol. The van der Waals surface area contributed by atoms with Crippen molar-refractivity contribution < 1.29 is 17.9 Å². The van der Waals surface area contributed by atoms with Crippen molar-refractivity contribution >= 4 is 21.6 Å². The number of carbonyl (C=O) groups is 1. The van der Waals surface area contributed by atoms with Crippen LogP contribution >= 0.6 is 0 Å². The average Bonchev–Trinajstić information content (AvgIpc) is 2.61. The van der Waals surface area contributed by atoms with E-state index >= 15 is 0 Å². The summed E-state index contributed by atoms with van der Waals surface area (Å²) >= 11 is 0. The second-order valence-corrected chi connectivity index (χ2v) is 8.51. The van der Waals surface area contributed by atoms with Gasteiger partial charge in [0.15, 0.2) is 0 Å². The third-order valence-corrected chi connectivity index (χ3v) is 5.83. The molecule has 0 atom stereocenters. The number of carbonyl (C=O) groups excluding carboxylic acids is 1. The second kappa shape index (κ2) is 7.88. The number of sulfonamides is 1. The van der Waals surface area contributed by atoms with Crippen molar-refractivity contribution in [3.63, 3.8) is 0 Å². The highest BCUT2D eigenvalue weighted by molar-refractivity contribution is 7.89. The van der Waals surface area contributed by atoms with Crippen LogP contribution in [0.1, 0.15) is 35.7 Å². The van der Waals surface area contributed by atoms with Crippen molar-refractivity contribution in [3.8, 4) is 5.75 Å². The highest BCUT2D eigenvalue weighted by atomic mass is 32.2. The molecule has 26 heavy (non-hydrogen) atoms. The van der Waals surface area contributed by atoms with Crippen molar-refractivity contribution in [2.24, 2.45) is 0 Å². The van der Waals surface area contributed by atoms with Crippen LogP contribution in [0, 0.1) is 0 Å². The molecule has 2 aromatic carbocycles. The maximum Gasteiger partial charge on any atom is 0.255 e. The number of rotatable bonds is 6. The Morgan fingerprint density at radius 2 is 1.81 bits per heavy atom. The normalized spacial score (nSPS) is 11.7. The third-order valence-electron chi connectivity index (χ3n) is 4.00. The molecule has 0 bridgehead atoms. The number of amides is 1. The number of methoxy groups -OCH3 is 1. The van der Waals surface area contributed by atoms with Crippen LogP contribution in [0.2, 0.25) is 0 Å². The lowest BCUT2D eigenvalue weighted by Gasteiger charge is -2.15. The summed E-state index contributed by atoms with van der Waals surface area (Å²) in [6.07, 6.45) is 0. The summed E-state index contributed by atoms with van der Waals surface area (Å²) in [4.78, 5) is 12.5. The van der Waals surface area contributed by atoms with Gasteiger partial charge in [0.1, 0.15) is 10.6 Å². The van der Waals surface area contributed by atoms with Gasteiger partial charge in [-0.1, -0.05) is 26.0 Å². The van der Waals surface area contributed by atoms with E-state index in [0.717, 1.165) is 9.87 Å². The largest absolute Gasteiger partial charge is 0.495 e. The zero-order valence-corrected chi connectivity index (χ0v) is 16.4. The van der Waals surface area contributed by atoms with E-state index in [1.165, 1.54) is 39.4 Å². The first-order valence-electron chi connectivity index (χ1n) is 8.18. The van der Waals surface area contributed by atoms with Crippen LogP contribution in [0.4, 0.5) is 5.69 Å². The zero-order chi connectivity index (χ0) is 19.5. The predicted octanol–water partition coefficient (Wildman–Crippen LogP) is 3.32. The monoisotopic (exact) mass is 376 g/mol.